The first-order valence-corrected chi connectivity index (χ1v) is 9.70. The number of hydrogen-bond acceptors (Lipinski definition) is 3. The van der Waals surface area contributed by atoms with Gasteiger partial charge in [0.1, 0.15) is 11.5 Å². The summed E-state index contributed by atoms with van der Waals surface area (Å²) in [6, 6.07) is 12.2. The van der Waals surface area contributed by atoms with Crippen LogP contribution in [0.2, 0.25) is 10.0 Å². The summed E-state index contributed by atoms with van der Waals surface area (Å²) in [5, 5.41) is 16.3. The smallest absolute Gasteiger partial charge is 0.326 e. The molecule has 0 aromatic heterocycles. The molecule has 2 unspecified atom stereocenters. The molecule has 0 fully saturated rings. The van der Waals surface area contributed by atoms with Crippen LogP contribution < -0.4 is 10.6 Å². The van der Waals surface area contributed by atoms with Crippen LogP contribution in [-0.2, 0) is 21.4 Å². The molecule has 0 saturated heterocycles. The topological polar surface area (TPSA) is 78.4 Å². The Labute approximate surface area is 172 Å². The van der Waals surface area contributed by atoms with E-state index in [0.29, 0.717) is 35.0 Å². The van der Waals surface area contributed by atoms with E-state index < -0.39 is 17.4 Å². The van der Waals surface area contributed by atoms with Crippen LogP contribution in [0, 0.1) is 0 Å². The van der Waals surface area contributed by atoms with Gasteiger partial charge in [-0.3, -0.25) is 4.79 Å². The third-order valence-corrected chi connectivity index (χ3v) is 5.91. The van der Waals surface area contributed by atoms with E-state index in [4.69, 9.17) is 23.2 Å². The Hall–Kier alpha value is -2.50. The molecule has 3 N–H and O–H groups in total. The molecule has 2 aromatic rings. The van der Waals surface area contributed by atoms with Crippen molar-refractivity contribution in [3.63, 3.8) is 0 Å². The predicted octanol–water partition coefficient (Wildman–Crippen LogP) is 4.15. The van der Waals surface area contributed by atoms with Gasteiger partial charge in [-0.15, -0.1) is 0 Å². The number of carbonyl (C=O) groups is 2. The quantitative estimate of drug-likeness (QED) is 0.699. The molecule has 5 nitrogen and oxygen atoms in total. The lowest BCUT2D eigenvalue weighted by atomic mass is 9.69. The summed E-state index contributed by atoms with van der Waals surface area (Å²) in [5.41, 5.74) is 2.35. The van der Waals surface area contributed by atoms with E-state index in [9.17, 15) is 14.7 Å². The van der Waals surface area contributed by atoms with E-state index in [-0.39, 0.29) is 5.91 Å². The predicted molar refractivity (Wildman–Crippen MR) is 109 cm³/mol. The number of carbonyl (C=O) groups excluding carboxylic acids is 1. The van der Waals surface area contributed by atoms with Crippen LogP contribution in [0.3, 0.4) is 0 Å². The van der Waals surface area contributed by atoms with Crippen molar-refractivity contribution in [3.8, 4) is 0 Å². The molecule has 2 aromatic carbocycles. The number of carboxylic acids is 1. The van der Waals surface area contributed by atoms with Gasteiger partial charge in [-0.2, -0.15) is 0 Å². The number of hydrogen-bond donors (Lipinski definition) is 3. The van der Waals surface area contributed by atoms with Crippen LogP contribution in [0.5, 0.6) is 0 Å². The van der Waals surface area contributed by atoms with Crippen molar-refractivity contribution in [2.24, 2.45) is 0 Å². The van der Waals surface area contributed by atoms with Gasteiger partial charge < -0.3 is 15.7 Å². The monoisotopic (exact) mass is 416 g/mol. The average molecular weight is 417 g/mol. The first-order valence-electron chi connectivity index (χ1n) is 8.94. The number of amides is 1. The second-order valence-corrected chi connectivity index (χ2v) is 7.99. The highest BCUT2D eigenvalue weighted by atomic mass is 35.5. The zero-order valence-corrected chi connectivity index (χ0v) is 16.3. The Kier molecular flexibility index (Phi) is 4.81. The van der Waals surface area contributed by atoms with Crippen LogP contribution in [0.15, 0.2) is 54.2 Å². The number of aliphatic carboxylic acids is 1. The van der Waals surface area contributed by atoms with Crippen LogP contribution in [0.25, 0.3) is 0 Å². The summed E-state index contributed by atoms with van der Waals surface area (Å²) < 4.78 is 0. The zero-order chi connectivity index (χ0) is 19.9. The lowest BCUT2D eigenvalue weighted by Crippen LogP contribution is -2.44. The summed E-state index contributed by atoms with van der Waals surface area (Å²) in [7, 11) is 0. The number of fused-ring (bicyclic) bond motifs is 1. The highest BCUT2D eigenvalue weighted by Crippen LogP contribution is 2.48. The zero-order valence-electron chi connectivity index (χ0n) is 14.8. The minimum atomic E-state index is -0.943. The van der Waals surface area contributed by atoms with E-state index in [1.807, 2.05) is 24.3 Å². The van der Waals surface area contributed by atoms with Gasteiger partial charge in [0.05, 0.1) is 0 Å². The maximum atomic E-state index is 13.3. The molecule has 2 aliphatic heterocycles. The Bertz CT molecular complexity index is 1000. The summed E-state index contributed by atoms with van der Waals surface area (Å²) >= 11 is 12.3. The SMILES string of the molecule is O=C(O)C1CCC(C2(Cc3cccc(Cl)c3)C(=O)Nc3cc(Cl)ccc32)=CN1. The molecular formula is C21H18Cl2N2O3. The first-order chi connectivity index (χ1) is 13.4. The van der Waals surface area contributed by atoms with Crippen molar-refractivity contribution in [2.45, 2.75) is 30.7 Å². The summed E-state index contributed by atoms with van der Waals surface area (Å²) in [5.74, 6) is -1.05. The standard InChI is InChI=1S/C21H18Cl2N2O3/c22-14-3-1-2-12(8-14)10-21(13-4-7-17(19(26)27)24-11-13)16-6-5-15(23)9-18(16)25-20(21)28/h1-3,5-6,8-9,11,17,24H,4,7,10H2,(H,25,28)(H,26,27). The molecule has 0 saturated carbocycles. The fourth-order valence-corrected chi connectivity index (χ4v) is 4.48. The Morgan fingerprint density at radius 1 is 1.18 bits per heavy atom. The number of anilines is 1. The number of nitrogens with one attached hydrogen (secondary N) is 2. The van der Waals surface area contributed by atoms with Crippen molar-refractivity contribution in [2.75, 3.05) is 5.32 Å². The van der Waals surface area contributed by atoms with Crippen LogP contribution in [-0.4, -0.2) is 23.0 Å². The van der Waals surface area contributed by atoms with Gasteiger partial charge in [0, 0.05) is 15.7 Å². The summed E-state index contributed by atoms with van der Waals surface area (Å²) in [4.78, 5) is 24.6. The largest absolute Gasteiger partial charge is 0.480 e. The van der Waals surface area contributed by atoms with Gasteiger partial charge in [0.2, 0.25) is 5.91 Å². The maximum Gasteiger partial charge on any atom is 0.326 e. The van der Waals surface area contributed by atoms with Crippen molar-refractivity contribution in [1.29, 1.82) is 0 Å². The molecule has 0 spiro atoms. The third-order valence-electron chi connectivity index (χ3n) is 5.44. The normalized spacial score (nSPS) is 23.4. The molecule has 144 valence electrons. The third kappa shape index (κ3) is 3.15. The minimum absolute atomic E-state index is 0.147. The number of benzene rings is 2. The van der Waals surface area contributed by atoms with E-state index in [0.717, 1.165) is 16.7 Å². The summed E-state index contributed by atoms with van der Waals surface area (Å²) in [6.45, 7) is 0. The average Bonchev–Trinajstić information content (AvgIpc) is 2.93. The molecule has 0 aliphatic carbocycles. The van der Waals surface area contributed by atoms with Crippen LogP contribution in [0.4, 0.5) is 5.69 Å². The van der Waals surface area contributed by atoms with E-state index in [1.165, 1.54) is 0 Å². The van der Waals surface area contributed by atoms with Gasteiger partial charge in [-0.05, 0) is 66.4 Å². The second-order valence-electron chi connectivity index (χ2n) is 7.12. The van der Waals surface area contributed by atoms with E-state index in [1.54, 1.807) is 24.4 Å². The highest BCUT2D eigenvalue weighted by molar-refractivity contribution is 6.31. The van der Waals surface area contributed by atoms with Crippen LogP contribution >= 0.6 is 23.2 Å². The van der Waals surface area contributed by atoms with Gasteiger partial charge in [0.15, 0.2) is 0 Å². The Balaban J connectivity index is 1.83. The van der Waals surface area contributed by atoms with Gasteiger partial charge in [-0.1, -0.05) is 41.4 Å². The maximum absolute atomic E-state index is 13.3. The van der Waals surface area contributed by atoms with Crippen molar-refractivity contribution in [1.82, 2.24) is 5.32 Å². The fraction of sp³-hybridized carbons (Fsp3) is 0.238. The molecular weight excluding hydrogens is 399 g/mol. The molecule has 28 heavy (non-hydrogen) atoms. The first kappa shape index (κ1) is 18.8. The summed E-state index contributed by atoms with van der Waals surface area (Å²) in [6.07, 6.45) is 3.02. The molecule has 7 heteroatoms. The number of halogens is 2. The molecule has 0 radical (unpaired) electrons. The van der Waals surface area contributed by atoms with Crippen molar-refractivity contribution < 1.29 is 14.7 Å². The fourth-order valence-electron chi connectivity index (χ4n) is 4.09. The molecule has 4 rings (SSSR count). The van der Waals surface area contributed by atoms with Crippen LogP contribution in [0.1, 0.15) is 24.0 Å². The van der Waals surface area contributed by atoms with Crippen molar-refractivity contribution >= 4 is 40.8 Å². The van der Waals surface area contributed by atoms with Crippen molar-refractivity contribution in [3.05, 3.63) is 75.4 Å². The van der Waals surface area contributed by atoms with E-state index in [2.05, 4.69) is 10.6 Å². The van der Waals surface area contributed by atoms with E-state index >= 15 is 0 Å². The van der Waals surface area contributed by atoms with Gasteiger partial charge in [-0.25, -0.2) is 4.79 Å². The molecule has 2 heterocycles. The molecule has 1 amide bonds. The minimum Gasteiger partial charge on any atom is -0.480 e. The number of rotatable bonds is 4. The second kappa shape index (κ2) is 7.15. The van der Waals surface area contributed by atoms with Gasteiger partial charge in [0.25, 0.3) is 0 Å². The molecule has 0 bridgehead atoms. The molecule has 2 aliphatic rings. The Morgan fingerprint density at radius 3 is 2.64 bits per heavy atom. The van der Waals surface area contributed by atoms with Gasteiger partial charge >= 0.3 is 5.97 Å². The lowest BCUT2D eigenvalue weighted by molar-refractivity contribution is -0.139. The Morgan fingerprint density at radius 2 is 1.96 bits per heavy atom. The lowest BCUT2D eigenvalue weighted by Gasteiger charge is -2.34. The highest BCUT2D eigenvalue weighted by Gasteiger charge is 2.50. The number of carboxylic acid groups (broad SMARTS) is 1. The molecule has 2 atom stereocenters.